The number of esters is 1. The van der Waals surface area contributed by atoms with Gasteiger partial charge in [-0.05, 0) is 20.8 Å². The van der Waals surface area contributed by atoms with Crippen molar-refractivity contribution in [3.05, 3.63) is 0 Å². The summed E-state index contributed by atoms with van der Waals surface area (Å²) in [5.41, 5.74) is -0.780. The Labute approximate surface area is 81.7 Å². The zero-order chi connectivity index (χ0) is 11.4. The number of ether oxygens (including phenoxy) is 1. The molecule has 0 heterocycles. The molecule has 0 rings (SSSR count). The maximum absolute atomic E-state index is 11.2. The van der Waals surface area contributed by atoms with Crippen LogP contribution < -0.4 is 0 Å². The first-order chi connectivity index (χ1) is 6.29. The number of hydrogen-bond donors (Lipinski definition) is 0. The van der Waals surface area contributed by atoms with Crippen molar-refractivity contribution in [1.29, 1.82) is 0 Å². The third-order valence-electron chi connectivity index (χ3n) is 1.25. The second kappa shape index (κ2) is 4.59. The number of carbonyl (C=O) groups is 3. The molecule has 0 saturated carbocycles. The maximum atomic E-state index is 11.2. The number of rotatable bonds is 2. The third kappa shape index (κ3) is 3.88. The zero-order valence-electron chi connectivity index (χ0n) is 8.57. The average Bonchev–Trinajstić information content (AvgIpc) is 2.02. The van der Waals surface area contributed by atoms with Crippen molar-refractivity contribution >= 4 is 18.5 Å². The van der Waals surface area contributed by atoms with E-state index in [0.29, 0.717) is 5.06 Å². The number of hydroxylamine groups is 2. The van der Waals surface area contributed by atoms with Crippen LogP contribution in [0.5, 0.6) is 0 Å². The lowest BCUT2D eigenvalue weighted by molar-refractivity contribution is -0.166. The van der Waals surface area contributed by atoms with E-state index in [9.17, 15) is 14.4 Å². The van der Waals surface area contributed by atoms with Crippen molar-refractivity contribution < 1.29 is 24.0 Å². The maximum Gasteiger partial charge on any atom is 0.450 e. The van der Waals surface area contributed by atoms with Gasteiger partial charge in [0.2, 0.25) is 0 Å². The Hall–Kier alpha value is -1.59. The van der Waals surface area contributed by atoms with Crippen LogP contribution in [0.3, 0.4) is 0 Å². The van der Waals surface area contributed by atoms with Gasteiger partial charge in [-0.15, -0.1) is 5.06 Å². The highest BCUT2D eigenvalue weighted by atomic mass is 16.7. The summed E-state index contributed by atoms with van der Waals surface area (Å²) in [7, 11) is 1.16. The average molecular weight is 203 g/mol. The first-order valence-corrected chi connectivity index (χ1v) is 3.89. The fourth-order valence-corrected chi connectivity index (χ4v) is 0.404. The van der Waals surface area contributed by atoms with Gasteiger partial charge in [0.25, 0.3) is 0 Å². The highest BCUT2D eigenvalue weighted by Crippen LogP contribution is 2.15. The molecule has 0 bridgehead atoms. The number of hydrogen-bond acceptors (Lipinski definition) is 5. The molecular formula is C8H13NO5. The van der Waals surface area contributed by atoms with Crippen LogP contribution in [-0.4, -0.2) is 30.6 Å². The molecule has 6 nitrogen and oxygen atoms in total. The Balaban J connectivity index is 4.20. The summed E-state index contributed by atoms with van der Waals surface area (Å²) in [6.07, 6.45) is -1.03. The van der Waals surface area contributed by atoms with Crippen molar-refractivity contribution in [3.8, 4) is 0 Å². The molecule has 80 valence electrons. The number of amides is 1. The van der Waals surface area contributed by atoms with Gasteiger partial charge in [-0.25, -0.2) is 4.79 Å². The van der Waals surface area contributed by atoms with Crippen LogP contribution in [-0.2, 0) is 19.2 Å². The minimum absolute atomic E-state index is 0.0584. The van der Waals surface area contributed by atoms with Crippen LogP contribution >= 0.6 is 0 Å². The molecule has 0 radical (unpaired) electrons. The smallest absolute Gasteiger partial charge is 0.374 e. The van der Waals surface area contributed by atoms with E-state index in [1.165, 1.54) is 0 Å². The number of carbonyl (C=O) groups excluding carboxylic acids is 3. The molecule has 0 saturated heterocycles. The predicted octanol–water partition coefficient (Wildman–Crippen LogP) is 0.715. The minimum atomic E-state index is -1.03. The van der Waals surface area contributed by atoms with Crippen molar-refractivity contribution in [1.82, 2.24) is 5.06 Å². The lowest BCUT2D eigenvalue weighted by Gasteiger charge is -2.17. The van der Waals surface area contributed by atoms with E-state index < -0.39 is 17.5 Å². The second-order valence-corrected chi connectivity index (χ2v) is 3.60. The second-order valence-electron chi connectivity index (χ2n) is 3.60. The van der Waals surface area contributed by atoms with E-state index in [1.54, 1.807) is 20.8 Å². The molecule has 1 amide bonds. The molecule has 0 aromatic rings. The van der Waals surface area contributed by atoms with Gasteiger partial charge in [0.05, 0.1) is 12.5 Å². The van der Waals surface area contributed by atoms with Crippen LogP contribution in [0.4, 0.5) is 4.79 Å². The van der Waals surface area contributed by atoms with Gasteiger partial charge in [0.15, 0.2) is 0 Å². The molecule has 0 aliphatic rings. The first-order valence-electron chi connectivity index (χ1n) is 3.89. The van der Waals surface area contributed by atoms with Crippen LogP contribution in [0, 0.1) is 5.41 Å². The third-order valence-corrected chi connectivity index (χ3v) is 1.25. The molecule has 0 fully saturated rings. The molecule has 0 aliphatic carbocycles. The molecule has 0 unspecified atom stereocenters. The fraction of sp³-hybridized carbons (Fsp3) is 0.625. The Morgan fingerprint density at radius 2 is 1.79 bits per heavy atom. The SMILES string of the molecule is CN(OC=O)C(=O)OC(=O)C(C)(C)C. The summed E-state index contributed by atoms with van der Waals surface area (Å²) in [5.74, 6) is -0.691. The standard InChI is InChI=1S/C8H13NO5/c1-8(2,3)6(11)14-7(12)9(4)13-5-10/h5H,1-4H3. The summed E-state index contributed by atoms with van der Waals surface area (Å²) >= 11 is 0. The Morgan fingerprint density at radius 1 is 1.29 bits per heavy atom. The molecule has 14 heavy (non-hydrogen) atoms. The lowest BCUT2D eigenvalue weighted by atomic mass is 9.98. The molecule has 0 atom stereocenters. The van der Waals surface area contributed by atoms with Gasteiger partial charge in [-0.1, -0.05) is 0 Å². The summed E-state index contributed by atoms with van der Waals surface area (Å²) in [6.45, 7) is 4.86. The Kier molecular flexibility index (Phi) is 4.07. The van der Waals surface area contributed by atoms with Crippen molar-refractivity contribution in [3.63, 3.8) is 0 Å². The molecule has 0 aromatic heterocycles. The van der Waals surface area contributed by atoms with Crippen LogP contribution in [0.2, 0.25) is 0 Å². The normalized spacial score (nSPS) is 10.3. The van der Waals surface area contributed by atoms with Gasteiger partial charge >= 0.3 is 18.5 Å². The van der Waals surface area contributed by atoms with Crippen molar-refractivity contribution in [2.24, 2.45) is 5.41 Å². The summed E-state index contributed by atoms with van der Waals surface area (Å²) in [6, 6.07) is 0. The molecule has 0 aromatic carbocycles. The van der Waals surface area contributed by atoms with Crippen molar-refractivity contribution in [2.75, 3.05) is 7.05 Å². The highest BCUT2D eigenvalue weighted by Gasteiger charge is 2.27. The fourth-order valence-electron chi connectivity index (χ4n) is 0.404. The van der Waals surface area contributed by atoms with Crippen LogP contribution in [0.1, 0.15) is 20.8 Å². The molecule has 0 spiro atoms. The zero-order valence-corrected chi connectivity index (χ0v) is 8.57. The molecular weight excluding hydrogens is 190 g/mol. The van der Waals surface area contributed by atoms with Crippen LogP contribution in [0.25, 0.3) is 0 Å². The van der Waals surface area contributed by atoms with Gasteiger partial charge in [0.1, 0.15) is 0 Å². The highest BCUT2D eigenvalue weighted by molar-refractivity contribution is 5.87. The van der Waals surface area contributed by atoms with Gasteiger partial charge < -0.3 is 9.57 Å². The molecule has 0 N–H and O–H groups in total. The first kappa shape index (κ1) is 12.4. The summed E-state index contributed by atoms with van der Waals surface area (Å²) in [4.78, 5) is 36.1. The topological polar surface area (TPSA) is 72.9 Å². The number of nitrogens with zero attached hydrogens (tertiary/aromatic N) is 1. The van der Waals surface area contributed by atoms with Crippen molar-refractivity contribution in [2.45, 2.75) is 20.8 Å². The predicted molar refractivity (Wildman–Crippen MR) is 45.9 cm³/mol. The van der Waals surface area contributed by atoms with E-state index in [4.69, 9.17) is 0 Å². The van der Waals surface area contributed by atoms with Gasteiger partial charge in [-0.2, -0.15) is 0 Å². The minimum Gasteiger partial charge on any atom is -0.374 e. The summed E-state index contributed by atoms with van der Waals surface area (Å²) in [5, 5.41) is 0.524. The largest absolute Gasteiger partial charge is 0.450 e. The lowest BCUT2D eigenvalue weighted by Crippen LogP contribution is -2.33. The monoisotopic (exact) mass is 203 g/mol. The van der Waals surface area contributed by atoms with Crippen LogP contribution in [0.15, 0.2) is 0 Å². The Bertz CT molecular complexity index is 243. The molecule has 6 heteroatoms. The Morgan fingerprint density at radius 3 is 2.14 bits per heavy atom. The summed E-state index contributed by atoms with van der Waals surface area (Å²) < 4.78 is 4.39. The van der Waals surface area contributed by atoms with E-state index >= 15 is 0 Å². The van der Waals surface area contributed by atoms with E-state index in [1.807, 2.05) is 0 Å². The van der Waals surface area contributed by atoms with Gasteiger partial charge in [0, 0.05) is 0 Å². The molecule has 0 aliphatic heterocycles. The van der Waals surface area contributed by atoms with Gasteiger partial charge in [-0.3, -0.25) is 9.59 Å². The van der Waals surface area contributed by atoms with E-state index in [0.717, 1.165) is 7.05 Å². The van der Waals surface area contributed by atoms with E-state index in [2.05, 4.69) is 9.57 Å². The van der Waals surface area contributed by atoms with E-state index in [-0.39, 0.29) is 6.47 Å². The quantitative estimate of drug-likeness (QED) is 0.286.